The Hall–Kier alpha value is -1.02. The maximum Gasteiger partial charge on any atom is 0.244 e. The Bertz CT molecular complexity index is 506. The fraction of sp³-hybridized carbons (Fsp3) is 0.400. The molecule has 1 atom stereocenters. The first kappa shape index (κ1) is 12.4. The molecule has 1 aliphatic rings. The zero-order chi connectivity index (χ0) is 12.5. The van der Waals surface area contributed by atoms with Crippen molar-refractivity contribution >= 4 is 10.0 Å². The molecule has 0 saturated carbocycles. The van der Waals surface area contributed by atoms with Gasteiger partial charge >= 0.3 is 0 Å². The molecule has 0 aromatic heterocycles. The normalized spacial score (nSPS) is 22.6. The van der Waals surface area contributed by atoms with E-state index in [1.54, 1.807) is 0 Å². The monoisotopic (exact) mass is 260 g/mol. The van der Waals surface area contributed by atoms with Crippen LogP contribution in [0.2, 0.25) is 0 Å². The van der Waals surface area contributed by atoms with Crippen LogP contribution in [0.25, 0.3) is 0 Å². The molecule has 1 unspecified atom stereocenters. The van der Waals surface area contributed by atoms with Gasteiger partial charge in [0.1, 0.15) is 5.82 Å². The van der Waals surface area contributed by atoms with E-state index in [0.29, 0.717) is 6.61 Å². The van der Waals surface area contributed by atoms with Crippen LogP contribution in [-0.4, -0.2) is 38.6 Å². The lowest BCUT2D eigenvalue weighted by atomic mass is 10.4. The quantitative estimate of drug-likeness (QED) is 0.820. The zero-order valence-electron chi connectivity index (χ0n) is 9.04. The van der Waals surface area contributed by atoms with E-state index in [4.69, 9.17) is 10.5 Å². The van der Waals surface area contributed by atoms with Crippen LogP contribution in [0.3, 0.4) is 0 Å². The molecular weight excluding hydrogens is 247 g/mol. The molecular formula is C10H13FN2O3S. The standard InChI is InChI=1S/C10H13FN2O3S/c11-8-2-1-3-9(6-8)17(14,15)13-4-5-16-7-10(13)12/h1-3,6,10H,4-5,7,12H2. The summed E-state index contributed by atoms with van der Waals surface area (Å²) >= 11 is 0. The minimum atomic E-state index is -3.75. The highest BCUT2D eigenvalue weighted by molar-refractivity contribution is 7.89. The van der Waals surface area contributed by atoms with Crippen LogP contribution in [0.1, 0.15) is 0 Å². The second-order valence-electron chi connectivity index (χ2n) is 3.72. The van der Waals surface area contributed by atoms with E-state index in [1.807, 2.05) is 0 Å². The highest BCUT2D eigenvalue weighted by atomic mass is 32.2. The molecule has 5 nitrogen and oxygen atoms in total. The van der Waals surface area contributed by atoms with Crippen LogP contribution in [0.4, 0.5) is 4.39 Å². The van der Waals surface area contributed by atoms with E-state index in [2.05, 4.69) is 0 Å². The molecule has 0 bridgehead atoms. The number of nitrogens with two attached hydrogens (primary N) is 1. The first-order valence-electron chi connectivity index (χ1n) is 5.12. The molecule has 7 heteroatoms. The summed E-state index contributed by atoms with van der Waals surface area (Å²) in [4.78, 5) is -0.0881. The summed E-state index contributed by atoms with van der Waals surface area (Å²) in [5.41, 5.74) is 5.67. The molecule has 0 spiro atoms. The Kier molecular flexibility index (Phi) is 3.43. The second kappa shape index (κ2) is 4.69. The molecule has 94 valence electrons. The van der Waals surface area contributed by atoms with Crippen LogP contribution in [0.15, 0.2) is 29.2 Å². The van der Waals surface area contributed by atoms with Crippen molar-refractivity contribution < 1.29 is 17.5 Å². The summed E-state index contributed by atoms with van der Waals surface area (Å²) in [5.74, 6) is -0.590. The lowest BCUT2D eigenvalue weighted by molar-refractivity contribution is 0.0350. The summed E-state index contributed by atoms with van der Waals surface area (Å²) in [6.45, 7) is 0.622. The lowest BCUT2D eigenvalue weighted by Crippen LogP contribution is -2.53. The van der Waals surface area contributed by atoms with E-state index < -0.39 is 22.0 Å². The van der Waals surface area contributed by atoms with Crippen molar-refractivity contribution in [2.45, 2.75) is 11.1 Å². The fourth-order valence-electron chi connectivity index (χ4n) is 1.67. The van der Waals surface area contributed by atoms with Gasteiger partial charge in [-0.05, 0) is 18.2 Å². The van der Waals surface area contributed by atoms with Gasteiger partial charge in [0.05, 0.1) is 24.3 Å². The number of halogens is 1. The van der Waals surface area contributed by atoms with Crippen molar-refractivity contribution in [3.63, 3.8) is 0 Å². The highest BCUT2D eigenvalue weighted by Crippen LogP contribution is 2.19. The molecule has 0 amide bonds. The van der Waals surface area contributed by atoms with Crippen molar-refractivity contribution in [1.29, 1.82) is 0 Å². The minimum absolute atomic E-state index is 0.0881. The Morgan fingerprint density at radius 1 is 1.47 bits per heavy atom. The van der Waals surface area contributed by atoms with Gasteiger partial charge < -0.3 is 10.5 Å². The number of sulfonamides is 1. The van der Waals surface area contributed by atoms with Gasteiger partial charge in [0.15, 0.2) is 0 Å². The van der Waals surface area contributed by atoms with Gasteiger partial charge in [0.2, 0.25) is 10.0 Å². The Morgan fingerprint density at radius 3 is 2.88 bits per heavy atom. The van der Waals surface area contributed by atoms with Gasteiger partial charge in [-0.25, -0.2) is 12.8 Å². The Morgan fingerprint density at radius 2 is 2.24 bits per heavy atom. The third kappa shape index (κ3) is 2.47. The topological polar surface area (TPSA) is 72.6 Å². The minimum Gasteiger partial charge on any atom is -0.377 e. The predicted molar refractivity (Wildman–Crippen MR) is 59.1 cm³/mol. The average molecular weight is 260 g/mol. The maximum atomic E-state index is 13.0. The van der Waals surface area contributed by atoms with Crippen LogP contribution in [-0.2, 0) is 14.8 Å². The largest absolute Gasteiger partial charge is 0.377 e. The van der Waals surface area contributed by atoms with E-state index in [0.717, 1.165) is 10.4 Å². The van der Waals surface area contributed by atoms with Crippen LogP contribution in [0, 0.1) is 5.82 Å². The van der Waals surface area contributed by atoms with Gasteiger partial charge in [0.25, 0.3) is 0 Å². The molecule has 1 aliphatic heterocycles. The van der Waals surface area contributed by atoms with Gasteiger partial charge in [-0.15, -0.1) is 0 Å². The molecule has 1 aromatic rings. The number of hydrogen-bond acceptors (Lipinski definition) is 4. The van der Waals surface area contributed by atoms with Crippen molar-refractivity contribution in [3.8, 4) is 0 Å². The van der Waals surface area contributed by atoms with E-state index in [-0.39, 0.29) is 18.0 Å². The van der Waals surface area contributed by atoms with Gasteiger partial charge in [-0.3, -0.25) is 0 Å². The third-order valence-electron chi connectivity index (χ3n) is 2.52. The number of ether oxygens (including phenoxy) is 1. The fourth-order valence-corrected chi connectivity index (χ4v) is 3.18. The summed E-state index contributed by atoms with van der Waals surface area (Å²) < 4.78 is 43.6. The van der Waals surface area contributed by atoms with E-state index in [9.17, 15) is 12.8 Å². The number of hydrogen-bond donors (Lipinski definition) is 1. The lowest BCUT2D eigenvalue weighted by Gasteiger charge is -2.31. The number of morpholine rings is 1. The number of nitrogens with zero attached hydrogens (tertiary/aromatic N) is 1. The average Bonchev–Trinajstić information content (AvgIpc) is 2.29. The second-order valence-corrected chi connectivity index (χ2v) is 5.61. The van der Waals surface area contributed by atoms with Crippen molar-refractivity contribution in [3.05, 3.63) is 30.1 Å². The smallest absolute Gasteiger partial charge is 0.244 e. The van der Waals surface area contributed by atoms with E-state index in [1.165, 1.54) is 18.2 Å². The summed E-state index contributed by atoms with van der Waals surface area (Å²) in [5, 5.41) is 0. The molecule has 2 N–H and O–H groups in total. The van der Waals surface area contributed by atoms with Gasteiger partial charge in [-0.1, -0.05) is 6.07 Å². The Labute approximate surface area is 99.0 Å². The molecule has 0 radical (unpaired) electrons. The zero-order valence-corrected chi connectivity index (χ0v) is 9.86. The van der Waals surface area contributed by atoms with Crippen molar-refractivity contribution in [2.75, 3.05) is 19.8 Å². The molecule has 0 aliphatic carbocycles. The highest BCUT2D eigenvalue weighted by Gasteiger charge is 2.31. The van der Waals surface area contributed by atoms with Gasteiger partial charge in [0, 0.05) is 6.54 Å². The summed E-state index contributed by atoms with van der Waals surface area (Å²) in [7, 11) is -3.75. The molecule has 1 fully saturated rings. The summed E-state index contributed by atoms with van der Waals surface area (Å²) in [6.07, 6.45) is -0.725. The SMILES string of the molecule is NC1COCCN1S(=O)(=O)c1cccc(F)c1. The van der Waals surface area contributed by atoms with Crippen LogP contribution in [0.5, 0.6) is 0 Å². The van der Waals surface area contributed by atoms with E-state index >= 15 is 0 Å². The first-order valence-corrected chi connectivity index (χ1v) is 6.56. The Balaban J connectivity index is 2.35. The molecule has 17 heavy (non-hydrogen) atoms. The van der Waals surface area contributed by atoms with Crippen molar-refractivity contribution in [1.82, 2.24) is 4.31 Å². The van der Waals surface area contributed by atoms with Gasteiger partial charge in [-0.2, -0.15) is 4.31 Å². The molecule has 1 saturated heterocycles. The summed E-state index contributed by atoms with van der Waals surface area (Å²) in [6, 6.07) is 4.88. The molecule has 1 aromatic carbocycles. The maximum absolute atomic E-state index is 13.0. The van der Waals surface area contributed by atoms with Crippen LogP contribution >= 0.6 is 0 Å². The van der Waals surface area contributed by atoms with Crippen LogP contribution < -0.4 is 5.73 Å². The predicted octanol–water partition coefficient (Wildman–Crippen LogP) is 0.131. The number of benzene rings is 1. The number of rotatable bonds is 2. The first-order chi connectivity index (χ1) is 8.01. The molecule has 2 rings (SSSR count). The third-order valence-corrected chi connectivity index (χ3v) is 4.44. The van der Waals surface area contributed by atoms with Crippen molar-refractivity contribution in [2.24, 2.45) is 5.73 Å². The molecule has 1 heterocycles.